The third kappa shape index (κ3) is 7.26. The number of unbranched alkanes of at least 4 members (excludes halogenated alkanes) is 1. The van der Waals surface area contributed by atoms with E-state index < -0.39 is 0 Å². The van der Waals surface area contributed by atoms with Crippen LogP contribution < -0.4 is 0 Å². The first-order chi connectivity index (χ1) is 13.0. The zero-order valence-electron chi connectivity index (χ0n) is 17.0. The lowest BCUT2D eigenvalue weighted by Crippen LogP contribution is -1.93. The van der Waals surface area contributed by atoms with E-state index in [0.29, 0.717) is 17.9 Å². The van der Waals surface area contributed by atoms with Crippen molar-refractivity contribution in [2.24, 2.45) is 0 Å². The zero-order chi connectivity index (χ0) is 20.2. The minimum atomic E-state index is -0.212. The molecule has 146 valence electrons. The van der Waals surface area contributed by atoms with Crippen LogP contribution >= 0.6 is 12.6 Å². The van der Waals surface area contributed by atoms with Gasteiger partial charge in [0.25, 0.3) is 0 Å². The van der Waals surface area contributed by atoms with Crippen LogP contribution in [0.5, 0.6) is 0 Å². The molecule has 1 aliphatic rings. The van der Waals surface area contributed by atoms with E-state index in [1.54, 1.807) is 6.07 Å². The SMILES string of the molecule is C=C(C)c1ccc(CCCC)cc1.CC.O=C1OCc2cc(CS)ccc21. The van der Waals surface area contributed by atoms with E-state index >= 15 is 0 Å². The van der Waals surface area contributed by atoms with Gasteiger partial charge in [-0.05, 0) is 42.5 Å². The maximum atomic E-state index is 11.0. The number of cyclic esters (lactones) is 1. The summed E-state index contributed by atoms with van der Waals surface area (Å²) in [5.74, 6) is 0.484. The summed E-state index contributed by atoms with van der Waals surface area (Å²) in [7, 11) is 0. The Kier molecular flexibility index (Phi) is 10.6. The van der Waals surface area contributed by atoms with Gasteiger partial charge in [-0.1, -0.05) is 75.7 Å². The number of hydrogen-bond donors (Lipinski definition) is 1. The average Bonchev–Trinajstić information content (AvgIpc) is 3.09. The number of benzene rings is 2. The molecule has 0 atom stereocenters. The van der Waals surface area contributed by atoms with Gasteiger partial charge in [0, 0.05) is 11.3 Å². The smallest absolute Gasteiger partial charge is 0.338 e. The molecule has 1 aliphatic heterocycles. The number of fused-ring (bicyclic) bond motifs is 1. The van der Waals surface area contributed by atoms with E-state index in [-0.39, 0.29) is 5.97 Å². The zero-order valence-corrected chi connectivity index (χ0v) is 17.9. The lowest BCUT2D eigenvalue weighted by atomic mass is 10.0. The molecule has 0 radical (unpaired) electrons. The standard InChI is InChI=1S/C13H18.C9H8O2S.C2H6/c1-4-5-6-12-7-9-13(10-8-12)11(2)3;10-9-8-2-1-6(5-12)3-7(8)4-11-9;1-2/h7-10H,2,4-6H2,1,3H3;1-3,12H,4-5H2;1-2H3. The van der Waals surface area contributed by atoms with Crippen molar-refractivity contribution in [3.05, 3.63) is 76.9 Å². The van der Waals surface area contributed by atoms with Crippen molar-refractivity contribution in [1.29, 1.82) is 0 Å². The summed E-state index contributed by atoms with van der Waals surface area (Å²) in [6.45, 7) is 12.6. The van der Waals surface area contributed by atoms with Crippen LogP contribution in [0.4, 0.5) is 0 Å². The highest BCUT2D eigenvalue weighted by molar-refractivity contribution is 7.79. The highest BCUT2D eigenvalue weighted by Crippen LogP contribution is 2.21. The van der Waals surface area contributed by atoms with Crippen LogP contribution in [0, 0.1) is 0 Å². The number of thiol groups is 1. The van der Waals surface area contributed by atoms with Crippen molar-refractivity contribution >= 4 is 24.2 Å². The fourth-order valence-corrected chi connectivity index (χ4v) is 2.82. The van der Waals surface area contributed by atoms with Crippen LogP contribution in [0.2, 0.25) is 0 Å². The van der Waals surface area contributed by atoms with Gasteiger partial charge in [0.2, 0.25) is 0 Å². The quantitative estimate of drug-likeness (QED) is 0.449. The number of hydrogen-bond acceptors (Lipinski definition) is 3. The molecule has 3 rings (SSSR count). The van der Waals surface area contributed by atoms with E-state index in [9.17, 15) is 4.79 Å². The summed E-state index contributed by atoms with van der Waals surface area (Å²) < 4.78 is 4.86. The molecule has 0 bridgehead atoms. The number of allylic oxidation sites excluding steroid dienone is 1. The topological polar surface area (TPSA) is 26.3 Å². The molecule has 0 aliphatic carbocycles. The van der Waals surface area contributed by atoms with Crippen molar-refractivity contribution < 1.29 is 9.53 Å². The molecule has 0 spiro atoms. The van der Waals surface area contributed by atoms with Crippen molar-refractivity contribution in [1.82, 2.24) is 0 Å². The molecule has 2 nitrogen and oxygen atoms in total. The number of carbonyl (C=O) groups is 1. The summed E-state index contributed by atoms with van der Waals surface area (Å²) >= 11 is 4.15. The number of carbonyl (C=O) groups excluding carboxylic acids is 1. The monoisotopic (exact) mass is 384 g/mol. The van der Waals surface area contributed by atoms with Gasteiger partial charge in [-0.3, -0.25) is 0 Å². The Bertz CT molecular complexity index is 733. The van der Waals surface area contributed by atoms with Gasteiger partial charge in [-0.25, -0.2) is 4.79 Å². The molecule has 27 heavy (non-hydrogen) atoms. The molecular formula is C24H32O2S. The molecule has 0 aromatic heterocycles. The second kappa shape index (κ2) is 12.4. The Hall–Kier alpha value is -2.00. The molecular weight excluding hydrogens is 352 g/mol. The van der Waals surface area contributed by atoms with Crippen molar-refractivity contribution in [3.8, 4) is 0 Å². The van der Waals surface area contributed by atoms with Gasteiger partial charge < -0.3 is 4.74 Å². The van der Waals surface area contributed by atoms with Crippen LogP contribution in [0.15, 0.2) is 49.0 Å². The second-order valence-corrected chi connectivity index (χ2v) is 6.62. The minimum absolute atomic E-state index is 0.212. The van der Waals surface area contributed by atoms with E-state index in [1.807, 2.05) is 32.9 Å². The summed E-state index contributed by atoms with van der Waals surface area (Å²) in [5, 5.41) is 0. The minimum Gasteiger partial charge on any atom is -0.457 e. The van der Waals surface area contributed by atoms with E-state index in [4.69, 9.17) is 4.74 Å². The van der Waals surface area contributed by atoms with Gasteiger partial charge in [0.05, 0.1) is 5.56 Å². The van der Waals surface area contributed by atoms with E-state index in [0.717, 1.165) is 16.7 Å². The van der Waals surface area contributed by atoms with Crippen LogP contribution in [0.1, 0.15) is 73.1 Å². The maximum Gasteiger partial charge on any atom is 0.338 e. The molecule has 0 amide bonds. The van der Waals surface area contributed by atoms with Crippen LogP contribution in [0.3, 0.4) is 0 Å². The summed E-state index contributed by atoms with van der Waals surface area (Å²) in [6, 6.07) is 14.4. The molecule has 0 fully saturated rings. The van der Waals surface area contributed by atoms with E-state index in [1.165, 1.54) is 30.4 Å². The van der Waals surface area contributed by atoms with Crippen LogP contribution in [-0.2, 0) is 23.5 Å². The Morgan fingerprint density at radius 2 is 1.74 bits per heavy atom. The van der Waals surface area contributed by atoms with E-state index in [2.05, 4.69) is 50.4 Å². The van der Waals surface area contributed by atoms with Crippen molar-refractivity contribution in [3.63, 3.8) is 0 Å². The fourth-order valence-electron chi connectivity index (χ4n) is 2.62. The summed E-state index contributed by atoms with van der Waals surface area (Å²) in [5.41, 5.74) is 6.62. The number of esters is 1. The normalized spacial score (nSPS) is 11.4. The first-order valence-corrected chi connectivity index (χ1v) is 10.3. The maximum absolute atomic E-state index is 11.0. The molecule has 0 N–H and O–H groups in total. The van der Waals surface area contributed by atoms with Crippen LogP contribution in [-0.4, -0.2) is 5.97 Å². The Balaban J connectivity index is 0.000000248. The molecule has 3 heteroatoms. The molecule has 2 aromatic rings. The Morgan fingerprint density at radius 1 is 1.11 bits per heavy atom. The lowest BCUT2D eigenvalue weighted by Gasteiger charge is -2.02. The van der Waals surface area contributed by atoms with Gasteiger partial charge >= 0.3 is 5.97 Å². The summed E-state index contributed by atoms with van der Waals surface area (Å²) in [6.07, 6.45) is 3.75. The Morgan fingerprint density at radius 3 is 2.30 bits per heavy atom. The second-order valence-electron chi connectivity index (χ2n) is 6.31. The average molecular weight is 385 g/mol. The summed E-state index contributed by atoms with van der Waals surface area (Å²) in [4.78, 5) is 11.0. The largest absolute Gasteiger partial charge is 0.457 e. The predicted molar refractivity (Wildman–Crippen MR) is 119 cm³/mol. The van der Waals surface area contributed by atoms with Crippen molar-refractivity contribution in [2.45, 2.75) is 59.3 Å². The first-order valence-electron chi connectivity index (χ1n) is 9.69. The predicted octanol–water partition coefficient (Wildman–Crippen LogP) is 6.88. The third-order valence-electron chi connectivity index (χ3n) is 4.20. The van der Waals surface area contributed by atoms with Crippen molar-refractivity contribution in [2.75, 3.05) is 0 Å². The van der Waals surface area contributed by atoms with Gasteiger partial charge in [-0.2, -0.15) is 12.6 Å². The molecule has 0 unspecified atom stereocenters. The molecule has 1 heterocycles. The molecule has 2 aromatic carbocycles. The highest BCUT2D eigenvalue weighted by Gasteiger charge is 2.20. The third-order valence-corrected chi connectivity index (χ3v) is 4.56. The highest BCUT2D eigenvalue weighted by atomic mass is 32.1. The van der Waals surface area contributed by atoms with Gasteiger partial charge in [0.1, 0.15) is 6.61 Å². The van der Waals surface area contributed by atoms with Gasteiger partial charge in [-0.15, -0.1) is 0 Å². The Labute approximate surface area is 170 Å². The molecule has 0 saturated carbocycles. The van der Waals surface area contributed by atoms with Crippen LogP contribution in [0.25, 0.3) is 5.57 Å². The number of aryl methyl sites for hydroxylation is 1. The first kappa shape index (κ1) is 23.0. The lowest BCUT2D eigenvalue weighted by molar-refractivity contribution is 0.0535. The number of rotatable bonds is 5. The van der Waals surface area contributed by atoms with Gasteiger partial charge in [0.15, 0.2) is 0 Å². The fraction of sp³-hybridized carbons (Fsp3) is 0.375. The molecule has 0 saturated heterocycles. The number of ether oxygens (including phenoxy) is 1.